The Labute approximate surface area is 206 Å². The van der Waals surface area contributed by atoms with E-state index in [4.69, 9.17) is 11.6 Å². The number of hydrogen-bond acceptors (Lipinski definition) is 6. The second-order valence-electron chi connectivity index (χ2n) is 8.08. The van der Waals surface area contributed by atoms with Crippen molar-refractivity contribution in [3.05, 3.63) is 71.3 Å². The van der Waals surface area contributed by atoms with E-state index in [0.717, 1.165) is 40.4 Å². The van der Waals surface area contributed by atoms with Crippen LogP contribution in [0.25, 0.3) is 10.9 Å². The number of carbonyl (C=O) groups excluding carboxylic acids is 1. The summed E-state index contributed by atoms with van der Waals surface area (Å²) in [6.45, 7) is 3.66. The number of nitrogens with zero attached hydrogens (tertiary/aromatic N) is 3. The van der Waals surface area contributed by atoms with Crippen LogP contribution in [0.4, 0.5) is 10.8 Å². The highest BCUT2D eigenvalue weighted by atomic mass is 35.5. The van der Waals surface area contributed by atoms with Crippen molar-refractivity contribution in [2.24, 2.45) is 0 Å². The van der Waals surface area contributed by atoms with Gasteiger partial charge in [0.25, 0.3) is 0 Å². The predicted molar refractivity (Wildman–Crippen MR) is 138 cm³/mol. The monoisotopic (exact) mass is 497 g/mol. The van der Waals surface area contributed by atoms with Crippen LogP contribution in [0.15, 0.2) is 71.2 Å². The first kappa shape index (κ1) is 22.1. The van der Waals surface area contributed by atoms with E-state index in [1.807, 2.05) is 47.3 Å². The Balaban J connectivity index is 1.17. The Hall–Kier alpha value is -2.68. The molecule has 0 aliphatic carbocycles. The van der Waals surface area contributed by atoms with Gasteiger partial charge >= 0.3 is 0 Å². The van der Waals surface area contributed by atoms with Gasteiger partial charge in [0.1, 0.15) is 6.04 Å². The van der Waals surface area contributed by atoms with E-state index in [1.165, 1.54) is 5.69 Å². The summed E-state index contributed by atoms with van der Waals surface area (Å²) in [6, 6.07) is 16.1. The van der Waals surface area contributed by atoms with Gasteiger partial charge in [-0.2, -0.15) is 0 Å². The van der Waals surface area contributed by atoms with Crippen LogP contribution in [0, 0.1) is 0 Å². The molecule has 0 radical (unpaired) electrons. The standard InChI is InChI=1S/C24H24ClN5OS2/c1-16(30-12-8-17-2-3-18(25)14-22(17)30)23(31)27-19-9-11-29(15-19)20-4-6-21(7-5-20)33-28-24-26-10-13-32-24/h2-8,10,12-14,16,19H,9,11,15H2,1H3,(H,26,28)(H,27,31)/t16-,19-/m0/s1. The van der Waals surface area contributed by atoms with Gasteiger partial charge in [-0.15, -0.1) is 11.3 Å². The predicted octanol–water partition coefficient (Wildman–Crippen LogP) is 5.83. The molecule has 1 amide bonds. The minimum atomic E-state index is -0.309. The second kappa shape index (κ2) is 9.67. The molecule has 1 fully saturated rings. The molecule has 1 aliphatic rings. The highest BCUT2D eigenvalue weighted by Crippen LogP contribution is 2.27. The van der Waals surface area contributed by atoms with Crippen LogP contribution in [0.2, 0.25) is 5.02 Å². The number of anilines is 2. The van der Waals surface area contributed by atoms with Crippen LogP contribution >= 0.6 is 34.9 Å². The molecule has 1 aliphatic heterocycles. The van der Waals surface area contributed by atoms with Crippen molar-refractivity contribution in [2.45, 2.75) is 30.3 Å². The van der Waals surface area contributed by atoms with Gasteiger partial charge < -0.3 is 19.5 Å². The highest BCUT2D eigenvalue weighted by Gasteiger charge is 2.26. The van der Waals surface area contributed by atoms with Crippen molar-refractivity contribution in [3.63, 3.8) is 0 Å². The summed E-state index contributed by atoms with van der Waals surface area (Å²) in [6.07, 6.45) is 4.67. The van der Waals surface area contributed by atoms with Crippen molar-refractivity contribution < 1.29 is 4.79 Å². The number of halogens is 1. The first-order chi connectivity index (χ1) is 16.1. The molecular formula is C24H24ClN5OS2. The van der Waals surface area contributed by atoms with Gasteiger partial charge in [-0.3, -0.25) is 4.79 Å². The van der Waals surface area contributed by atoms with Crippen molar-refractivity contribution in [1.29, 1.82) is 0 Å². The summed E-state index contributed by atoms with van der Waals surface area (Å²) >= 11 is 9.30. The zero-order valence-electron chi connectivity index (χ0n) is 18.1. The lowest BCUT2D eigenvalue weighted by Gasteiger charge is -2.21. The number of fused-ring (bicyclic) bond motifs is 1. The van der Waals surface area contributed by atoms with E-state index in [9.17, 15) is 4.79 Å². The van der Waals surface area contributed by atoms with Crippen molar-refractivity contribution >= 4 is 62.5 Å². The van der Waals surface area contributed by atoms with Gasteiger partial charge in [0.05, 0.1) is 5.52 Å². The topological polar surface area (TPSA) is 62.2 Å². The average Bonchev–Trinajstić information content (AvgIpc) is 3.58. The van der Waals surface area contributed by atoms with E-state index in [2.05, 4.69) is 44.2 Å². The van der Waals surface area contributed by atoms with E-state index >= 15 is 0 Å². The summed E-state index contributed by atoms with van der Waals surface area (Å²) < 4.78 is 5.23. The van der Waals surface area contributed by atoms with Crippen molar-refractivity contribution in [3.8, 4) is 0 Å². The Morgan fingerprint density at radius 3 is 2.88 bits per heavy atom. The molecule has 33 heavy (non-hydrogen) atoms. The number of nitrogens with one attached hydrogen (secondary N) is 2. The first-order valence-electron chi connectivity index (χ1n) is 10.8. The second-order valence-corrected chi connectivity index (χ2v) is 10.3. The number of amides is 1. The molecule has 2 aromatic carbocycles. The number of benzene rings is 2. The molecule has 6 nitrogen and oxygen atoms in total. The van der Waals surface area contributed by atoms with E-state index in [1.54, 1.807) is 29.5 Å². The van der Waals surface area contributed by atoms with Gasteiger partial charge in [-0.1, -0.05) is 17.7 Å². The molecule has 2 atom stereocenters. The van der Waals surface area contributed by atoms with Crippen LogP contribution in [0.3, 0.4) is 0 Å². The molecule has 1 saturated heterocycles. The third-order valence-corrected chi connectivity index (χ3v) is 7.76. The summed E-state index contributed by atoms with van der Waals surface area (Å²) in [5.74, 6) is 0.0272. The highest BCUT2D eigenvalue weighted by molar-refractivity contribution is 8.00. The van der Waals surface area contributed by atoms with Crippen LogP contribution in [-0.4, -0.2) is 34.6 Å². The minimum Gasteiger partial charge on any atom is -0.369 e. The van der Waals surface area contributed by atoms with Crippen LogP contribution in [0.5, 0.6) is 0 Å². The molecule has 0 bridgehead atoms. The Morgan fingerprint density at radius 2 is 2.09 bits per heavy atom. The van der Waals surface area contributed by atoms with Gasteiger partial charge in [-0.05, 0) is 73.1 Å². The molecule has 170 valence electrons. The molecule has 0 spiro atoms. The van der Waals surface area contributed by atoms with Gasteiger partial charge in [0, 0.05) is 52.5 Å². The Kier molecular flexibility index (Phi) is 6.48. The molecule has 4 aromatic rings. The third kappa shape index (κ3) is 4.98. The molecule has 2 N–H and O–H groups in total. The number of carbonyl (C=O) groups is 1. The largest absolute Gasteiger partial charge is 0.369 e. The molecule has 5 rings (SSSR count). The van der Waals surface area contributed by atoms with Gasteiger partial charge in [-0.25, -0.2) is 4.98 Å². The van der Waals surface area contributed by atoms with Crippen molar-refractivity contribution in [1.82, 2.24) is 14.9 Å². The summed E-state index contributed by atoms with van der Waals surface area (Å²) in [5.41, 5.74) is 2.14. The summed E-state index contributed by atoms with van der Waals surface area (Å²) in [7, 11) is 0. The maximum absolute atomic E-state index is 13.0. The zero-order valence-corrected chi connectivity index (χ0v) is 20.5. The Morgan fingerprint density at radius 1 is 1.24 bits per heavy atom. The normalized spacial score (nSPS) is 16.8. The zero-order chi connectivity index (χ0) is 22.8. The van der Waals surface area contributed by atoms with Gasteiger partial charge in [0.15, 0.2) is 5.13 Å². The number of aromatic nitrogens is 2. The minimum absolute atomic E-state index is 0.0272. The van der Waals surface area contributed by atoms with E-state index in [0.29, 0.717) is 5.02 Å². The van der Waals surface area contributed by atoms with Crippen molar-refractivity contribution in [2.75, 3.05) is 22.7 Å². The van der Waals surface area contributed by atoms with E-state index < -0.39 is 0 Å². The average molecular weight is 498 g/mol. The lowest BCUT2D eigenvalue weighted by molar-refractivity contribution is -0.124. The maximum atomic E-state index is 13.0. The SMILES string of the molecule is C[C@@H](C(=O)N[C@H]1CCN(c2ccc(SNc3nccs3)cc2)C1)n1ccc2ccc(Cl)cc21. The third-order valence-electron chi connectivity index (χ3n) is 5.91. The number of rotatable bonds is 7. The van der Waals surface area contributed by atoms with Gasteiger partial charge in [0.2, 0.25) is 5.91 Å². The van der Waals surface area contributed by atoms with Crippen LogP contribution in [-0.2, 0) is 4.79 Å². The quantitative estimate of drug-likeness (QED) is 0.315. The van der Waals surface area contributed by atoms with E-state index in [-0.39, 0.29) is 18.0 Å². The lowest BCUT2D eigenvalue weighted by atomic mass is 10.2. The molecule has 2 aromatic heterocycles. The molecular weight excluding hydrogens is 474 g/mol. The summed E-state index contributed by atoms with van der Waals surface area (Å²) in [5, 5.41) is 7.83. The molecule has 9 heteroatoms. The lowest BCUT2D eigenvalue weighted by Crippen LogP contribution is -2.40. The fourth-order valence-corrected chi connectivity index (χ4v) is 5.51. The molecule has 0 saturated carbocycles. The van der Waals surface area contributed by atoms with Crippen LogP contribution in [0.1, 0.15) is 19.4 Å². The molecule has 0 unspecified atom stereocenters. The van der Waals surface area contributed by atoms with Crippen LogP contribution < -0.4 is 14.9 Å². The number of thiazole rings is 1. The number of hydrogen-bond donors (Lipinski definition) is 2. The maximum Gasteiger partial charge on any atom is 0.243 e. The fraction of sp³-hybridized carbons (Fsp3) is 0.250. The first-order valence-corrected chi connectivity index (χ1v) is 12.9. The molecule has 3 heterocycles. The summed E-state index contributed by atoms with van der Waals surface area (Å²) in [4.78, 5) is 20.7. The Bertz CT molecular complexity index is 1240. The fourth-order valence-electron chi connectivity index (χ4n) is 4.12. The smallest absolute Gasteiger partial charge is 0.243 e.